The third-order valence-electron chi connectivity index (χ3n) is 2.39. The number of hydrogen-bond donors (Lipinski definition) is 1. The Kier molecular flexibility index (Phi) is 3.94. The van der Waals surface area contributed by atoms with Gasteiger partial charge in [0.15, 0.2) is 0 Å². The van der Waals surface area contributed by atoms with Crippen LogP contribution < -0.4 is 5.73 Å². The molecule has 2 nitrogen and oxygen atoms in total. The van der Waals surface area contributed by atoms with Crippen molar-refractivity contribution in [3.63, 3.8) is 0 Å². The standard InChI is InChI=1S/C11H16ClFN2/c1-3-15(4-2)11(12,13)9-6-5-7-10(14)8-9/h5-8H,3-4,14H2,1-2H3. The maximum Gasteiger partial charge on any atom is 0.265 e. The van der Waals surface area contributed by atoms with Gasteiger partial charge in [-0.1, -0.05) is 37.6 Å². The summed E-state index contributed by atoms with van der Waals surface area (Å²) in [6.45, 7) is 4.83. The highest BCUT2D eigenvalue weighted by atomic mass is 35.5. The summed E-state index contributed by atoms with van der Waals surface area (Å²) in [7, 11) is 0. The van der Waals surface area contributed by atoms with Gasteiger partial charge in [0.25, 0.3) is 5.25 Å². The number of nitrogens with zero attached hydrogens (tertiary/aromatic N) is 1. The summed E-state index contributed by atoms with van der Waals surface area (Å²) in [6, 6.07) is 6.61. The number of rotatable bonds is 4. The maximum atomic E-state index is 14.3. The smallest absolute Gasteiger partial charge is 0.265 e. The molecule has 15 heavy (non-hydrogen) atoms. The van der Waals surface area contributed by atoms with Gasteiger partial charge in [-0.05, 0) is 25.2 Å². The van der Waals surface area contributed by atoms with Crippen LogP contribution in [0.15, 0.2) is 24.3 Å². The summed E-state index contributed by atoms with van der Waals surface area (Å²) in [4.78, 5) is 1.53. The minimum absolute atomic E-state index is 0.382. The second-order valence-corrected chi connectivity index (χ2v) is 3.84. The Morgan fingerprint density at radius 2 is 2.00 bits per heavy atom. The molecule has 1 unspecified atom stereocenters. The highest BCUT2D eigenvalue weighted by molar-refractivity contribution is 6.22. The molecule has 0 amide bonds. The van der Waals surface area contributed by atoms with E-state index in [0.717, 1.165) is 0 Å². The molecule has 1 rings (SSSR count). The molecule has 0 aliphatic rings. The van der Waals surface area contributed by atoms with E-state index in [9.17, 15) is 4.39 Å². The van der Waals surface area contributed by atoms with E-state index < -0.39 is 5.25 Å². The third-order valence-corrected chi connectivity index (χ3v) is 2.85. The molecule has 0 saturated heterocycles. The normalized spacial score (nSPS) is 15.3. The monoisotopic (exact) mass is 230 g/mol. The summed E-state index contributed by atoms with van der Waals surface area (Å²) in [6.07, 6.45) is 0. The summed E-state index contributed by atoms with van der Waals surface area (Å²) >= 11 is 5.90. The summed E-state index contributed by atoms with van der Waals surface area (Å²) in [5, 5.41) is -1.97. The molecule has 0 bridgehead atoms. The summed E-state index contributed by atoms with van der Waals surface area (Å²) in [5.41, 5.74) is 6.49. The molecule has 1 aromatic rings. The largest absolute Gasteiger partial charge is 0.399 e. The first-order valence-electron chi connectivity index (χ1n) is 5.01. The summed E-state index contributed by atoms with van der Waals surface area (Å²) in [5.74, 6) is 0. The fourth-order valence-electron chi connectivity index (χ4n) is 1.53. The SMILES string of the molecule is CCN(CC)C(F)(Cl)c1cccc(N)c1. The second-order valence-electron chi connectivity index (χ2n) is 3.34. The zero-order chi connectivity index (χ0) is 11.5. The Morgan fingerprint density at radius 1 is 1.40 bits per heavy atom. The number of anilines is 1. The average Bonchev–Trinajstić information content (AvgIpc) is 2.19. The van der Waals surface area contributed by atoms with Gasteiger partial charge < -0.3 is 5.73 Å². The molecular formula is C11H16ClFN2. The van der Waals surface area contributed by atoms with Gasteiger partial charge in [-0.15, -0.1) is 0 Å². The van der Waals surface area contributed by atoms with Crippen molar-refractivity contribution in [2.45, 2.75) is 19.1 Å². The fraction of sp³-hybridized carbons (Fsp3) is 0.455. The van der Waals surface area contributed by atoms with E-state index in [1.54, 1.807) is 24.3 Å². The van der Waals surface area contributed by atoms with Gasteiger partial charge >= 0.3 is 0 Å². The number of hydrogen-bond acceptors (Lipinski definition) is 2. The van der Waals surface area contributed by atoms with Crippen molar-refractivity contribution >= 4 is 17.3 Å². The average molecular weight is 231 g/mol. The van der Waals surface area contributed by atoms with Crippen LogP contribution in [0.25, 0.3) is 0 Å². The number of alkyl halides is 2. The predicted octanol–water partition coefficient (Wildman–Crippen LogP) is 2.93. The van der Waals surface area contributed by atoms with Crippen LogP contribution in [0, 0.1) is 0 Å². The van der Waals surface area contributed by atoms with Crippen LogP contribution in [0.3, 0.4) is 0 Å². The van der Waals surface area contributed by atoms with Crippen molar-refractivity contribution in [1.29, 1.82) is 0 Å². The van der Waals surface area contributed by atoms with Crippen molar-refractivity contribution in [1.82, 2.24) is 4.90 Å². The maximum absolute atomic E-state index is 14.3. The van der Waals surface area contributed by atoms with Gasteiger partial charge in [0.2, 0.25) is 0 Å². The molecule has 0 aliphatic carbocycles. The number of nitrogens with two attached hydrogens (primary N) is 1. The molecular weight excluding hydrogens is 215 g/mol. The van der Waals surface area contributed by atoms with E-state index in [0.29, 0.717) is 24.3 Å². The molecule has 84 valence electrons. The topological polar surface area (TPSA) is 29.3 Å². The van der Waals surface area contributed by atoms with Gasteiger partial charge in [0, 0.05) is 11.3 Å². The van der Waals surface area contributed by atoms with Crippen molar-refractivity contribution in [3.8, 4) is 0 Å². The lowest BCUT2D eigenvalue weighted by Crippen LogP contribution is -2.38. The first kappa shape index (κ1) is 12.3. The van der Waals surface area contributed by atoms with E-state index in [4.69, 9.17) is 17.3 Å². The van der Waals surface area contributed by atoms with Crippen LogP contribution in [0.1, 0.15) is 19.4 Å². The first-order valence-corrected chi connectivity index (χ1v) is 5.39. The molecule has 0 saturated carbocycles. The quantitative estimate of drug-likeness (QED) is 0.490. The first-order chi connectivity index (χ1) is 7.02. The van der Waals surface area contributed by atoms with E-state index in [2.05, 4.69) is 0 Å². The number of halogens is 2. The zero-order valence-corrected chi connectivity index (χ0v) is 9.76. The van der Waals surface area contributed by atoms with Gasteiger partial charge in [0.05, 0.1) is 0 Å². The van der Waals surface area contributed by atoms with Crippen LogP contribution in [-0.4, -0.2) is 18.0 Å². The molecule has 0 radical (unpaired) electrons. The minimum Gasteiger partial charge on any atom is -0.399 e. The molecule has 1 aromatic carbocycles. The van der Waals surface area contributed by atoms with Crippen LogP contribution in [0.4, 0.5) is 10.1 Å². The van der Waals surface area contributed by atoms with Crippen molar-refractivity contribution < 1.29 is 4.39 Å². The van der Waals surface area contributed by atoms with Gasteiger partial charge in [-0.3, -0.25) is 4.90 Å². The molecule has 0 heterocycles. The minimum atomic E-state index is -1.97. The van der Waals surface area contributed by atoms with Crippen LogP contribution in [-0.2, 0) is 5.25 Å². The molecule has 1 atom stereocenters. The molecule has 4 heteroatoms. The Morgan fingerprint density at radius 3 is 2.47 bits per heavy atom. The Labute approximate surface area is 94.8 Å². The Balaban J connectivity index is 3.03. The van der Waals surface area contributed by atoms with E-state index in [-0.39, 0.29) is 0 Å². The Hall–Kier alpha value is -0.800. The van der Waals surface area contributed by atoms with Gasteiger partial charge in [-0.2, -0.15) is 0 Å². The third kappa shape index (κ3) is 2.61. The van der Waals surface area contributed by atoms with Crippen molar-refractivity contribution in [2.24, 2.45) is 0 Å². The highest BCUT2D eigenvalue weighted by Crippen LogP contribution is 2.35. The van der Waals surface area contributed by atoms with Gasteiger partial charge in [-0.25, -0.2) is 4.39 Å². The molecule has 0 fully saturated rings. The zero-order valence-electron chi connectivity index (χ0n) is 9.00. The van der Waals surface area contributed by atoms with Gasteiger partial charge in [0.1, 0.15) is 0 Å². The molecule has 0 spiro atoms. The molecule has 0 aliphatic heterocycles. The Bertz CT molecular complexity index is 324. The number of nitrogen functional groups attached to an aromatic ring is 1. The van der Waals surface area contributed by atoms with Crippen molar-refractivity contribution in [3.05, 3.63) is 29.8 Å². The predicted molar refractivity (Wildman–Crippen MR) is 62.4 cm³/mol. The fourth-order valence-corrected chi connectivity index (χ4v) is 1.89. The lowest BCUT2D eigenvalue weighted by molar-refractivity contribution is 0.0481. The highest BCUT2D eigenvalue weighted by Gasteiger charge is 2.34. The number of benzene rings is 1. The molecule has 2 N–H and O–H groups in total. The van der Waals surface area contributed by atoms with Crippen LogP contribution in [0.2, 0.25) is 0 Å². The van der Waals surface area contributed by atoms with E-state index >= 15 is 0 Å². The lowest BCUT2D eigenvalue weighted by Gasteiger charge is -2.31. The lowest BCUT2D eigenvalue weighted by atomic mass is 10.1. The second kappa shape index (κ2) is 4.81. The van der Waals surface area contributed by atoms with Crippen LogP contribution in [0.5, 0.6) is 0 Å². The van der Waals surface area contributed by atoms with E-state index in [1.807, 2.05) is 13.8 Å². The molecule has 0 aromatic heterocycles. The van der Waals surface area contributed by atoms with E-state index in [1.165, 1.54) is 4.90 Å². The summed E-state index contributed by atoms with van der Waals surface area (Å²) < 4.78 is 14.3. The van der Waals surface area contributed by atoms with Crippen molar-refractivity contribution in [2.75, 3.05) is 18.8 Å². The van der Waals surface area contributed by atoms with Crippen LogP contribution >= 0.6 is 11.6 Å².